The van der Waals surface area contributed by atoms with Crippen LogP contribution < -0.4 is 0 Å². The van der Waals surface area contributed by atoms with Crippen LogP contribution in [-0.2, 0) is 14.4 Å². The van der Waals surface area contributed by atoms with Crippen LogP contribution in [0.3, 0.4) is 0 Å². The van der Waals surface area contributed by atoms with Crippen LogP contribution in [0.5, 0.6) is 0 Å². The number of ether oxygens (including phenoxy) is 1. The van der Waals surface area contributed by atoms with Crippen LogP contribution in [0.25, 0.3) is 0 Å². The minimum absolute atomic E-state index is 0.0288. The number of aliphatic hydroxyl groups is 1. The molecule has 1 amide bonds. The Labute approximate surface area is 101 Å². The molecule has 6 nitrogen and oxygen atoms in total. The Kier molecular flexibility index (Phi) is 3.98. The fraction of sp³-hybridized carbons (Fsp3) is 0.909. The number of hydrogen-bond donors (Lipinski definition) is 1. The van der Waals surface area contributed by atoms with Crippen molar-refractivity contribution in [1.29, 1.82) is 0 Å². The van der Waals surface area contributed by atoms with Crippen LogP contribution in [0.2, 0.25) is 0 Å². The Balaban J connectivity index is 1.82. The number of carbonyl (C=O) groups excluding carboxylic acids is 1. The number of β-amino-alcohol motifs (C(OH)–C–C–N with tert-alkyl or cyclic N) is 1. The number of hydrogen-bond acceptors (Lipinski definition) is 5. The van der Waals surface area contributed by atoms with E-state index in [1.807, 2.05) is 13.8 Å². The summed E-state index contributed by atoms with van der Waals surface area (Å²) in [6.45, 7) is 6.07. The number of carbonyl (C=O) groups is 1. The highest BCUT2D eigenvalue weighted by Gasteiger charge is 2.29. The molecule has 6 heteroatoms. The van der Waals surface area contributed by atoms with Crippen LogP contribution >= 0.6 is 0 Å². The molecule has 0 spiro atoms. The fourth-order valence-electron chi connectivity index (χ4n) is 2.27. The molecule has 0 bridgehead atoms. The van der Waals surface area contributed by atoms with Crippen molar-refractivity contribution in [3.05, 3.63) is 0 Å². The highest BCUT2D eigenvalue weighted by Crippen LogP contribution is 2.12. The predicted molar refractivity (Wildman–Crippen MR) is 60.1 cm³/mol. The lowest BCUT2D eigenvalue weighted by atomic mass is 10.2. The lowest BCUT2D eigenvalue weighted by Crippen LogP contribution is -2.50. The number of morpholine rings is 1. The van der Waals surface area contributed by atoms with Crippen LogP contribution in [0.1, 0.15) is 13.8 Å². The summed E-state index contributed by atoms with van der Waals surface area (Å²) in [5.74, 6) is 0.0288. The monoisotopic (exact) mass is 244 g/mol. The van der Waals surface area contributed by atoms with E-state index in [-0.39, 0.29) is 31.3 Å². The molecular formula is C11H20N2O4. The normalized spacial score (nSPS) is 35.2. The summed E-state index contributed by atoms with van der Waals surface area (Å²) in [5.41, 5.74) is 0. The maximum absolute atomic E-state index is 12.0. The maximum atomic E-state index is 12.0. The zero-order valence-corrected chi connectivity index (χ0v) is 10.3. The average molecular weight is 244 g/mol. The summed E-state index contributed by atoms with van der Waals surface area (Å²) < 4.78 is 5.57. The summed E-state index contributed by atoms with van der Waals surface area (Å²) in [5, 5.41) is 10.8. The third-order valence-electron chi connectivity index (χ3n) is 2.95. The Bertz CT molecular complexity index is 277. The Hall–Kier alpha value is -0.690. The van der Waals surface area contributed by atoms with Gasteiger partial charge in [0.1, 0.15) is 6.54 Å². The molecule has 0 aromatic rings. The van der Waals surface area contributed by atoms with E-state index in [1.165, 1.54) is 5.06 Å². The summed E-state index contributed by atoms with van der Waals surface area (Å²) in [4.78, 5) is 19.0. The van der Waals surface area contributed by atoms with Gasteiger partial charge in [-0.15, -0.1) is 0 Å². The average Bonchev–Trinajstić information content (AvgIpc) is 2.62. The summed E-state index contributed by atoms with van der Waals surface area (Å²) in [6.07, 6.45) is -0.328. The van der Waals surface area contributed by atoms with Gasteiger partial charge in [0.2, 0.25) is 5.91 Å². The van der Waals surface area contributed by atoms with Crippen LogP contribution in [0.4, 0.5) is 0 Å². The second-order valence-electron chi connectivity index (χ2n) is 4.83. The van der Waals surface area contributed by atoms with Gasteiger partial charge in [-0.05, 0) is 13.8 Å². The molecule has 2 rings (SSSR count). The zero-order chi connectivity index (χ0) is 12.4. The summed E-state index contributed by atoms with van der Waals surface area (Å²) >= 11 is 0. The lowest BCUT2D eigenvalue weighted by molar-refractivity contribution is -0.159. The van der Waals surface area contributed by atoms with E-state index in [0.29, 0.717) is 19.6 Å². The predicted octanol–water partition coefficient (Wildman–Crippen LogP) is -0.770. The van der Waals surface area contributed by atoms with Crippen molar-refractivity contribution >= 4 is 5.91 Å². The molecule has 0 aliphatic carbocycles. The smallest absolute Gasteiger partial charge is 0.239 e. The first kappa shape index (κ1) is 12.8. The minimum Gasteiger partial charge on any atom is -0.389 e. The standard InChI is InChI=1S/C11H20N2O4/c1-8-3-12(4-9(2)17-8)11(15)6-13-5-10(14)7-16-13/h8-10,14H,3-7H2,1-2H3. The van der Waals surface area contributed by atoms with E-state index in [4.69, 9.17) is 9.57 Å². The molecule has 3 unspecified atom stereocenters. The van der Waals surface area contributed by atoms with Crippen molar-refractivity contribution in [2.75, 3.05) is 32.8 Å². The first-order valence-corrected chi connectivity index (χ1v) is 6.03. The lowest BCUT2D eigenvalue weighted by Gasteiger charge is -2.35. The number of hydroxylamine groups is 2. The molecule has 3 atom stereocenters. The van der Waals surface area contributed by atoms with Crippen LogP contribution in [0, 0.1) is 0 Å². The first-order chi connectivity index (χ1) is 8.04. The Morgan fingerprint density at radius 2 is 1.94 bits per heavy atom. The van der Waals surface area contributed by atoms with E-state index in [0.717, 1.165) is 0 Å². The van der Waals surface area contributed by atoms with Gasteiger partial charge in [0.05, 0.1) is 31.5 Å². The van der Waals surface area contributed by atoms with E-state index in [2.05, 4.69) is 0 Å². The van der Waals surface area contributed by atoms with E-state index in [1.54, 1.807) is 4.90 Å². The molecule has 0 saturated carbocycles. The third kappa shape index (κ3) is 3.38. The molecule has 2 saturated heterocycles. The molecule has 0 aromatic carbocycles. The van der Waals surface area contributed by atoms with Gasteiger partial charge in [-0.3, -0.25) is 9.63 Å². The van der Waals surface area contributed by atoms with Gasteiger partial charge in [0, 0.05) is 13.1 Å². The van der Waals surface area contributed by atoms with Crippen molar-refractivity contribution in [3.63, 3.8) is 0 Å². The van der Waals surface area contributed by atoms with E-state index < -0.39 is 6.10 Å². The second kappa shape index (κ2) is 5.30. The number of nitrogens with zero attached hydrogens (tertiary/aromatic N) is 2. The molecule has 2 aliphatic heterocycles. The maximum Gasteiger partial charge on any atom is 0.239 e. The summed E-state index contributed by atoms with van der Waals surface area (Å²) in [6, 6.07) is 0. The van der Waals surface area contributed by atoms with Gasteiger partial charge in [-0.2, -0.15) is 5.06 Å². The number of aliphatic hydroxyl groups excluding tert-OH is 1. The molecule has 98 valence electrons. The van der Waals surface area contributed by atoms with Gasteiger partial charge < -0.3 is 14.7 Å². The van der Waals surface area contributed by atoms with Crippen molar-refractivity contribution < 1.29 is 19.5 Å². The molecule has 2 fully saturated rings. The Morgan fingerprint density at radius 3 is 2.47 bits per heavy atom. The molecule has 2 heterocycles. The topological polar surface area (TPSA) is 62.2 Å². The van der Waals surface area contributed by atoms with E-state index >= 15 is 0 Å². The van der Waals surface area contributed by atoms with Crippen molar-refractivity contribution in [1.82, 2.24) is 9.96 Å². The van der Waals surface area contributed by atoms with Gasteiger partial charge in [-0.1, -0.05) is 0 Å². The fourth-order valence-corrected chi connectivity index (χ4v) is 2.27. The summed E-state index contributed by atoms with van der Waals surface area (Å²) in [7, 11) is 0. The van der Waals surface area contributed by atoms with Crippen molar-refractivity contribution in [2.24, 2.45) is 0 Å². The highest BCUT2D eigenvalue weighted by molar-refractivity contribution is 5.78. The molecular weight excluding hydrogens is 224 g/mol. The van der Waals surface area contributed by atoms with Crippen LogP contribution in [0.15, 0.2) is 0 Å². The first-order valence-electron chi connectivity index (χ1n) is 6.03. The SMILES string of the molecule is CC1CN(C(=O)CN2CC(O)CO2)CC(C)O1. The molecule has 17 heavy (non-hydrogen) atoms. The van der Waals surface area contributed by atoms with Crippen molar-refractivity contribution in [2.45, 2.75) is 32.2 Å². The highest BCUT2D eigenvalue weighted by atomic mass is 16.7. The zero-order valence-electron chi connectivity index (χ0n) is 10.3. The van der Waals surface area contributed by atoms with Gasteiger partial charge in [0.25, 0.3) is 0 Å². The third-order valence-corrected chi connectivity index (χ3v) is 2.95. The van der Waals surface area contributed by atoms with Gasteiger partial charge >= 0.3 is 0 Å². The number of rotatable bonds is 2. The molecule has 2 aliphatic rings. The van der Waals surface area contributed by atoms with Crippen molar-refractivity contribution in [3.8, 4) is 0 Å². The Morgan fingerprint density at radius 1 is 1.29 bits per heavy atom. The second-order valence-corrected chi connectivity index (χ2v) is 4.83. The quantitative estimate of drug-likeness (QED) is 0.691. The minimum atomic E-state index is -0.481. The van der Waals surface area contributed by atoms with E-state index in [9.17, 15) is 9.90 Å². The molecule has 0 radical (unpaired) electrons. The van der Waals surface area contributed by atoms with Gasteiger partial charge in [0.15, 0.2) is 0 Å². The number of amides is 1. The molecule has 1 N–H and O–H groups in total. The van der Waals surface area contributed by atoms with Crippen LogP contribution in [-0.4, -0.2) is 72.1 Å². The van der Waals surface area contributed by atoms with Gasteiger partial charge in [-0.25, -0.2) is 0 Å². The largest absolute Gasteiger partial charge is 0.389 e. The molecule has 0 aromatic heterocycles.